The molecule has 3 aromatic rings. The molecule has 2 aromatic carbocycles. The molecule has 0 radical (unpaired) electrons. The second-order valence-electron chi connectivity index (χ2n) is 5.38. The van der Waals surface area contributed by atoms with Crippen molar-refractivity contribution in [2.24, 2.45) is 0 Å². The molecular formula is C19H20N2O3S. The first-order chi connectivity index (χ1) is 12.2. The van der Waals surface area contributed by atoms with E-state index in [1.807, 2.05) is 55.6 Å². The van der Waals surface area contributed by atoms with Gasteiger partial charge in [0.2, 0.25) is 5.06 Å². The summed E-state index contributed by atoms with van der Waals surface area (Å²) in [5.41, 5.74) is 1.21. The Morgan fingerprint density at radius 2 is 1.72 bits per heavy atom. The molecule has 130 valence electrons. The van der Waals surface area contributed by atoms with E-state index in [2.05, 4.69) is 17.2 Å². The van der Waals surface area contributed by atoms with Gasteiger partial charge in [-0.25, -0.2) is 4.98 Å². The molecule has 1 aromatic heterocycles. The van der Waals surface area contributed by atoms with Crippen molar-refractivity contribution in [3.8, 4) is 27.5 Å². The van der Waals surface area contributed by atoms with Gasteiger partial charge in [0.05, 0.1) is 13.3 Å². The minimum absolute atomic E-state index is 0.304. The molecular weight excluding hydrogens is 336 g/mol. The first kappa shape index (κ1) is 17.3. The van der Waals surface area contributed by atoms with Crippen molar-refractivity contribution in [3.05, 3.63) is 60.3 Å². The number of thiazole rings is 1. The van der Waals surface area contributed by atoms with E-state index in [0.717, 1.165) is 5.75 Å². The van der Waals surface area contributed by atoms with Crippen molar-refractivity contribution in [2.75, 3.05) is 14.2 Å². The van der Waals surface area contributed by atoms with E-state index in [9.17, 15) is 0 Å². The molecule has 0 aliphatic rings. The van der Waals surface area contributed by atoms with Gasteiger partial charge in [-0.15, -0.1) is 0 Å². The Morgan fingerprint density at radius 1 is 1.00 bits per heavy atom. The summed E-state index contributed by atoms with van der Waals surface area (Å²) in [6.07, 6.45) is 1.65. The van der Waals surface area contributed by atoms with Gasteiger partial charge in [-0.3, -0.25) is 0 Å². The zero-order valence-corrected chi connectivity index (χ0v) is 15.2. The maximum Gasteiger partial charge on any atom is 0.282 e. The van der Waals surface area contributed by atoms with Gasteiger partial charge in [-0.2, -0.15) is 0 Å². The second kappa shape index (κ2) is 8.00. The van der Waals surface area contributed by atoms with Crippen LogP contribution in [0.2, 0.25) is 0 Å². The fourth-order valence-electron chi connectivity index (χ4n) is 2.24. The van der Waals surface area contributed by atoms with Crippen LogP contribution in [0.1, 0.15) is 18.5 Å². The Morgan fingerprint density at radius 3 is 2.40 bits per heavy atom. The van der Waals surface area contributed by atoms with Crippen LogP contribution in [-0.2, 0) is 0 Å². The Balaban J connectivity index is 1.67. The molecule has 1 heterocycles. The van der Waals surface area contributed by atoms with E-state index in [-0.39, 0.29) is 0 Å². The van der Waals surface area contributed by atoms with E-state index < -0.39 is 0 Å². The predicted molar refractivity (Wildman–Crippen MR) is 99.2 cm³/mol. The lowest BCUT2D eigenvalue weighted by atomic mass is 10.1. The fourth-order valence-corrected chi connectivity index (χ4v) is 2.90. The minimum Gasteiger partial charge on any atom is -0.493 e. The number of methoxy groups -OCH3 is 1. The highest BCUT2D eigenvalue weighted by atomic mass is 32.1. The lowest BCUT2D eigenvalue weighted by Gasteiger charge is -2.11. The predicted octanol–water partition coefficient (Wildman–Crippen LogP) is 5.02. The Hall–Kier alpha value is -2.57. The van der Waals surface area contributed by atoms with Crippen molar-refractivity contribution < 1.29 is 14.2 Å². The van der Waals surface area contributed by atoms with Crippen LogP contribution in [0.5, 0.6) is 27.5 Å². The van der Waals surface area contributed by atoms with E-state index in [1.54, 1.807) is 13.3 Å². The number of aromatic nitrogens is 1. The molecule has 3 rings (SSSR count). The standard InChI is InChI=1S/C19H20N2O3S/c1-13(20-2)14-8-10-15(11-9-14)23-18-12-21-19(25-18)24-17-7-5-4-6-16(17)22-3/h4-13,20H,1-3H3. The van der Waals surface area contributed by atoms with Crippen LogP contribution in [0.3, 0.4) is 0 Å². The number of hydrogen-bond donors (Lipinski definition) is 1. The van der Waals surface area contributed by atoms with Gasteiger partial charge in [0.25, 0.3) is 5.19 Å². The van der Waals surface area contributed by atoms with Gasteiger partial charge in [0, 0.05) is 6.04 Å². The van der Waals surface area contributed by atoms with Gasteiger partial charge in [-0.05, 0) is 55.1 Å². The van der Waals surface area contributed by atoms with Gasteiger partial charge in [0.1, 0.15) is 5.75 Å². The topological polar surface area (TPSA) is 52.6 Å². The summed E-state index contributed by atoms with van der Waals surface area (Å²) in [5.74, 6) is 2.05. The zero-order valence-electron chi connectivity index (χ0n) is 14.4. The normalized spacial score (nSPS) is 11.8. The van der Waals surface area contributed by atoms with Gasteiger partial charge in [0.15, 0.2) is 11.5 Å². The van der Waals surface area contributed by atoms with Crippen LogP contribution in [0.4, 0.5) is 0 Å². The molecule has 1 atom stereocenters. The average Bonchev–Trinajstić information content (AvgIpc) is 3.09. The van der Waals surface area contributed by atoms with Crippen LogP contribution in [0.25, 0.3) is 0 Å². The molecule has 0 amide bonds. The summed E-state index contributed by atoms with van der Waals surface area (Å²) in [6, 6.07) is 15.7. The molecule has 0 fully saturated rings. The number of hydrogen-bond acceptors (Lipinski definition) is 6. The van der Waals surface area contributed by atoms with Crippen molar-refractivity contribution >= 4 is 11.3 Å². The largest absolute Gasteiger partial charge is 0.493 e. The van der Waals surface area contributed by atoms with Crippen molar-refractivity contribution in [2.45, 2.75) is 13.0 Å². The summed E-state index contributed by atoms with van der Waals surface area (Å²) in [7, 11) is 3.55. The van der Waals surface area contributed by atoms with E-state index >= 15 is 0 Å². The molecule has 5 nitrogen and oxygen atoms in total. The summed E-state index contributed by atoms with van der Waals surface area (Å²) >= 11 is 1.33. The maximum atomic E-state index is 5.85. The maximum absolute atomic E-state index is 5.85. The van der Waals surface area contributed by atoms with Crippen molar-refractivity contribution in [3.63, 3.8) is 0 Å². The van der Waals surface area contributed by atoms with Crippen LogP contribution in [0, 0.1) is 0 Å². The number of ether oxygens (including phenoxy) is 3. The molecule has 1 unspecified atom stereocenters. The first-order valence-electron chi connectivity index (χ1n) is 7.91. The third-order valence-corrected chi connectivity index (χ3v) is 4.51. The number of para-hydroxylation sites is 2. The fraction of sp³-hybridized carbons (Fsp3) is 0.211. The molecule has 0 saturated heterocycles. The number of rotatable bonds is 7. The van der Waals surface area contributed by atoms with Gasteiger partial charge >= 0.3 is 0 Å². The molecule has 25 heavy (non-hydrogen) atoms. The zero-order chi connectivity index (χ0) is 17.6. The van der Waals surface area contributed by atoms with Crippen LogP contribution >= 0.6 is 11.3 Å². The van der Waals surface area contributed by atoms with E-state index in [1.165, 1.54) is 16.9 Å². The lowest BCUT2D eigenvalue weighted by molar-refractivity contribution is 0.378. The third kappa shape index (κ3) is 4.29. The highest BCUT2D eigenvalue weighted by molar-refractivity contribution is 7.15. The summed E-state index contributed by atoms with van der Waals surface area (Å²) in [4.78, 5) is 4.25. The highest BCUT2D eigenvalue weighted by Crippen LogP contribution is 2.37. The summed E-state index contributed by atoms with van der Waals surface area (Å²) in [5, 5.41) is 4.38. The number of nitrogens with one attached hydrogen (secondary N) is 1. The minimum atomic E-state index is 0.304. The molecule has 0 spiro atoms. The Labute approximate surface area is 151 Å². The van der Waals surface area contributed by atoms with Crippen LogP contribution < -0.4 is 19.5 Å². The monoisotopic (exact) mass is 356 g/mol. The molecule has 0 aliphatic carbocycles. The molecule has 6 heteroatoms. The highest BCUT2D eigenvalue weighted by Gasteiger charge is 2.10. The third-order valence-electron chi connectivity index (χ3n) is 3.76. The second-order valence-corrected chi connectivity index (χ2v) is 6.34. The van der Waals surface area contributed by atoms with Crippen molar-refractivity contribution in [1.29, 1.82) is 0 Å². The number of benzene rings is 2. The SMILES string of the molecule is CNC(C)c1ccc(Oc2cnc(Oc3ccccc3OC)s2)cc1. The molecule has 0 bridgehead atoms. The lowest BCUT2D eigenvalue weighted by Crippen LogP contribution is -2.11. The first-order valence-corrected chi connectivity index (χ1v) is 8.73. The Bertz CT molecular complexity index is 818. The van der Waals surface area contributed by atoms with Gasteiger partial charge < -0.3 is 19.5 Å². The summed E-state index contributed by atoms with van der Waals surface area (Å²) < 4.78 is 16.9. The smallest absolute Gasteiger partial charge is 0.282 e. The average molecular weight is 356 g/mol. The van der Waals surface area contributed by atoms with Crippen LogP contribution in [-0.4, -0.2) is 19.1 Å². The van der Waals surface area contributed by atoms with Gasteiger partial charge in [-0.1, -0.05) is 24.3 Å². The number of nitrogens with zero attached hydrogens (tertiary/aromatic N) is 1. The van der Waals surface area contributed by atoms with Crippen LogP contribution in [0.15, 0.2) is 54.7 Å². The molecule has 0 saturated carbocycles. The van der Waals surface area contributed by atoms with Crippen molar-refractivity contribution in [1.82, 2.24) is 10.3 Å². The quantitative estimate of drug-likeness (QED) is 0.644. The Kier molecular flexibility index (Phi) is 5.53. The molecule has 0 aliphatic heterocycles. The summed E-state index contributed by atoms with van der Waals surface area (Å²) in [6.45, 7) is 2.11. The molecule has 1 N–H and O–H groups in total. The van der Waals surface area contributed by atoms with E-state index in [4.69, 9.17) is 14.2 Å². The van der Waals surface area contributed by atoms with E-state index in [0.29, 0.717) is 27.8 Å².